The zero-order chi connectivity index (χ0) is 6.16. The van der Waals surface area contributed by atoms with Crippen LogP contribution in [0.25, 0.3) is 0 Å². The Morgan fingerprint density at radius 1 is 1.22 bits per heavy atom. The molecule has 0 aromatic carbocycles. The van der Waals surface area contributed by atoms with Gasteiger partial charge in [-0.15, -0.1) is 0 Å². The van der Waals surface area contributed by atoms with Crippen LogP contribution in [0.3, 0.4) is 0 Å². The van der Waals surface area contributed by atoms with Crippen LogP contribution in [-0.2, 0) is 9.78 Å². The number of rotatable bonds is 0. The van der Waals surface area contributed by atoms with Crippen molar-refractivity contribution in [3.63, 3.8) is 0 Å². The monoisotopic (exact) mass is 127 g/mol. The summed E-state index contributed by atoms with van der Waals surface area (Å²) in [7, 11) is 0. The molecule has 0 aromatic rings. The van der Waals surface area contributed by atoms with Crippen molar-refractivity contribution >= 4 is 0 Å². The van der Waals surface area contributed by atoms with Gasteiger partial charge >= 0.3 is 0 Å². The van der Waals surface area contributed by atoms with Crippen molar-refractivity contribution < 1.29 is 9.78 Å². The second-order valence-electron chi connectivity index (χ2n) is 2.84. The molecule has 2 heteroatoms. The normalized spacial score (nSPS) is 32.0. The summed E-state index contributed by atoms with van der Waals surface area (Å²) < 4.78 is 0. The molecule has 0 unspecified atom stereocenters. The van der Waals surface area contributed by atoms with Gasteiger partial charge in [0.25, 0.3) is 0 Å². The van der Waals surface area contributed by atoms with Gasteiger partial charge in [-0.1, -0.05) is 12.8 Å². The Bertz CT molecular complexity index is 82.0. The molecule has 1 radical (unpaired) electrons. The zero-order valence-corrected chi connectivity index (χ0v) is 5.43. The fraction of sp³-hybridized carbons (Fsp3) is 0.857. The highest BCUT2D eigenvalue weighted by atomic mass is 17.2. The van der Waals surface area contributed by atoms with Gasteiger partial charge in [-0.25, -0.2) is 9.78 Å². The molecular weight excluding hydrogens is 116 g/mol. The SMILES string of the molecule is [CH]1COOC12CCCC2. The second-order valence-corrected chi connectivity index (χ2v) is 2.84. The fourth-order valence-corrected chi connectivity index (χ4v) is 1.63. The summed E-state index contributed by atoms with van der Waals surface area (Å²) in [4.78, 5) is 9.97. The minimum absolute atomic E-state index is 0.0417. The van der Waals surface area contributed by atoms with Crippen molar-refractivity contribution in [3.8, 4) is 0 Å². The van der Waals surface area contributed by atoms with Crippen LogP contribution in [0.2, 0.25) is 0 Å². The van der Waals surface area contributed by atoms with E-state index in [1.54, 1.807) is 0 Å². The molecule has 2 rings (SSSR count). The molecule has 2 fully saturated rings. The Balaban J connectivity index is 2.04. The van der Waals surface area contributed by atoms with Crippen molar-refractivity contribution in [1.29, 1.82) is 0 Å². The first-order chi connectivity index (χ1) is 4.41. The Morgan fingerprint density at radius 2 is 2.00 bits per heavy atom. The number of hydrogen-bond donors (Lipinski definition) is 0. The molecule has 2 aliphatic rings. The molecular formula is C7H11O2. The van der Waals surface area contributed by atoms with E-state index in [1.807, 2.05) is 0 Å². The van der Waals surface area contributed by atoms with Crippen LogP contribution >= 0.6 is 0 Å². The highest BCUT2D eigenvalue weighted by Gasteiger charge is 2.39. The molecule has 1 saturated heterocycles. The molecule has 0 atom stereocenters. The van der Waals surface area contributed by atoms with Crippen LogP contribution in [0.15, 0.2) is 0 Å². The average molecular weight is 127 g/mol. The highest BCUT2D eigenvalue weighted by Crippen LogP contribution is 2.38. The lowest BCUT2D eigenvalue weighted by molar-refractivity contribution is -0.305. The van der Waals surface area contributed by atoms with E-state index in [0.29, 0.717) is 6.61 Å². The molecule has 1 aliphatic heterocycles. The summed E-state index contributed by atoms with van der Waals surface area (Å²) in [5.41, 5.74) is 0.0417. The van der Waals surface area contributed by atoms with Crippen LogP contribution in [0.5, 0.6) is 0 Å². The minimum Gasteiger partial charge on any atom is -0.236 e. The standard InChI is InChI=1S/C7H11O2/c1-2-4-7(3-1)5-6-8-9-7/h5H,1-4,6H2. The molecule has 0 N–H and O–H groups in total. The molecule has 1 aliphatic carbocycles. The van der Waals surface area contributed by atoms with Gasteiger partial charge in [-0.05, 0) is 12.8 Å². The summed E-state index contributed by atoms with van der Waals surface area (Å²) in [5.74, 6) is 0. The summed E-state index contributed by atoms with van der Waals surface area (Å²) >= 11 is 0. The Hall–Kier alpha value is -0.0800. The van der Waals surface area contributed by atoms with Crippen LogP contribution in [-0.4, -0.2) is 12.2 Å². The molecule has 2 nitrogen and oxygen atoms in total. The predicted octanol–water partition coefficient (Wildman–Crippen LogP) is 1.47. The topological polar surface area (TPSA) is 18.5 Å². The van der Waals surface area contributed by atoms with Gasteiger partial charge in [0.05, 0.1) is 6.61 Å². The summed E-state index contributed by atoms with van der Waals surface area (Å²) in [6.45, 7) is 0.681. The van der Waals surface area contributed by atoms with E-state index >= 15 is 0 Å². The van der Waals surface area contributed by atoms with E-state index in [0.717, 1.165) is 12.8 Å². The lowest BCUT2D eigenvalue weighted by atomic mass is 10.00. The maximum atomic E-state index is 5.15. The third-order valence-electron chi connectivity index (χ3n) is 2.20. The Morgan fingerprint density at radius 3 is 2.56 bits per heavy atom. The Labute approximate surface area is 55.1 Å². The van der Waals surface area contributed by atoms with Crippen molar-refractivity contribution in [3.05, 3.63) is 6.42 Å². The van der Waals surface area contributed by atoms with E-state index in [-0.39, 0.29) is 5.60 Å². The van der Waals surface area contributed by atoms with Gasteiger partial charge < -0.3 is 0 Å². The molecule has 0 aromatic heterocycles. The first-order valence-electron chi connectivity index (χ1n) is 3.56. The fourth-order valence-electron chi connectivity index (χ4n) is 1.63. The third-order valence-corrected chi connectivity index (χ3v) is 2.20. The van der Waals surface area contributed by atoms with Crippen LogP contribution < -0.4 is 0 Å². The zero-order valence-electron chi connectivity index (χ0n) is 5.43. The van der Waals surface area contributed by atoms with Gasteiger partial charge in [0, 0.05) is 6.42 Å². The maximum Gasteiger partial charge on any atom is 0.109 e. The summed E-state index contributed by atoms with van der Waals surface area (Å²) in [6.07, 6.45) is 7.06. The molecule has 0 bridgehead atoms. The van der Waals surface area contributed by atoms with Crippen molar-refractivity contribution in [2.45, 2.75) is 31.3 Å². The van der Waals surface area contributed by atoms with Gasteiger partial charge in [-0.2, -0.15) is 0 Å². The third kappa shape index (κ3) is 0.864. The van der Waals surface area contributed by atoms with E-state index in [2.05, 4.69) is 6.42 Å². The van der Waals surface area contributed by atoms with Gasteiger partial charge in [0.2, 0.25) is 0 Å². The van der Waals surface area contributed by atoms with Gasteiger partial charge in [-0.3, -0.25) is 0 Å². The maximum absolute atomic E-state index is 5.15. The lowest BCUT2D eigenvalue weighted by Crippen LogP contribution is -2.22. The second kappa shape index (κ2) is 1.96. The van der Waals surface area contributed by atoms with E-state index < -0.39 is 0 Å². The average Bonchev–Trinajstić information content (AvgIpc) is 2.45. The quantitative estimate of drug-likeness (QED) is 0.459. The number of hydrogen-bond acceptors (Lipinski definition) is 2. The van der Waals surface area contributed by atoms with Gasteiger partial charge in [0.1, 0.15) is 5.60 Å². The van der Waals surface area contributed by atoms with Crippen molar-refractivity contribution in [2.24, 2.45) is 0 Å². The molecule has 0 amide bonds. The van der Waals surface area contributed by atoms with E-state index in [1.165, 1.54) is 12.8 Å². The Kier molecular flexibility index (Phi) is 1.24. The van der Waals surface area contributed by atoms with E-state index in [9.17, 15) is 0 Å². The molecule has 9 heavy (non-hydrogen) atoms. The molecule has 1 heterocycles. The minimum atomic E-state index is 0.0417. The van der Waals surface area contributed by atoms with Crippen molar-refractivity contribution in [2.75, 3.05) is 6.61 Å². The summed E-state index contributed by atoms with van der Waals surface area (Å²) in [6, 6.07) is 0. The predicted molar refractivity (Wildman–Crippen MR) is 32.5 cm³/mol. The van der Waals surface area contributed by atoms with E-state index in [4.69, 9.17) is 9.78 Å². The largest absolute Gasteiger partial charge is 0.236 e. The molecule has 51 valence electrons. The smallest absolute Gasteiger partial charge is 0.109 e. The lowest BCUT2D eigenvalue weighted by Gasteiger charge is -2.16. The first-order valence-corrected chi connectivity index (χ1v) is 3.56. The molecule has 1 saturated carbocycles. The van der Waals surface area contributed by atoms with Crippen LogP contribution in [0.1, 0.15) is 25.7 Å². The first kappa shape index (κ1) is 5.69. The summed E-state index contributed by atoms with van der Waals surface area (Å²) in [5, 5.41) is 0. The highest BCUT2D eigenvalue weighted by molar-refractivity contribution is 4.99. The van der Waals surface area contributed by atoms with Crippen molar-refractivity contribution in [1.82, 2.24) is 0 Å². The van der Waals surface area contributed by atoms with Crippen LogP contribution in [0.4, 0.5) is 0 Å². The van der Waals surface area contributed by atoms with Gasteiger partial charge in [0.15, 0.2) is 0 Å². The van der Waals surface area contributed by atoms with Crippen LogP contribution in [0, 0.1) is 6.42 Å². The molecule has 1 spiro atoms.